The van der Waals surface area contributed by atoms with E-state index in [9.17, 15) is 27.1 Å². The molecule has 1 rings (SSSR count). The van der Waals surface area contributed by atoms with Gasteiger partial charge in [0.05, 0.1) is 0 Å². The number of unbranched alkanes of at least 4 members (excludes halogenated alkanes) is 10. The highest BCUT2D eigenvalue weighted by atomic mass is 19.2. The van der Waals surface area contributed by atoms with E-state index in [-0.39, 0.29) is 5.92 Å². The van der Waals surface area contributed by atoms with Crippen LogP contribution in [0.25, 0.3) is 0 Å². The fraction of sp³-hybridized carbons (Fsp3) is 0.800. The second-order valence-electron chi connectivity index (χ2n) is 10.3. The number of rotatable bonds is 22. The summed E-state index contributed by atoms with van der Waals surface area (Å²) in [6, 6.07) is 0. The van der Waals surface area contributed by atoms with Crippen molar-refractivity contribution in [2.75, 3.05) is 13.2 Å². The Hall–Kier alpha value is -1.25. The predicted molar refractivity (Wildman–Crippen MR) is 141 cm³/mol. The molecule has 3 nitrogen and oxygen atoms in total. The molecular formula is C30H49F5O3. The number of hydrogen-bond donors (Lipinski definition) is 1. The van der Waals surface area contributed by atoms with Crippen molar-refractivity contribution in [2.24, 2.45) is 5.92 Å². The molecule has 0 aromatic heterocycles. The quantitative estimate of drug-likeness (QED) is 0.0512. The van der Waals surface area contributed by atoms with Crippen LogP contribution in [-0.2, 0) is 9.47 Å². The molecule has 0 radical (unpaired) electrons. The van der Waals surface area contributed by atoms with Gasteiger partial charge in [0.25, 0.3) is 5.97 Å². The highest BCUT2D eigenvalue weighted by Crippen LogP contribution is 2.33. The molecule has 1 aromatic rings. The Morgan fingerprint density at radius 2 is 0.947 bits per heavy atom. The van der Waals surface area contributed by atoms with Crippen LogP contribution in [-0.4, -0.2) is 24.3 Å². The Bertz CT molecular complexity index is 755. The van der Waals surface area contributed by atoms with Gasteiger partial charge < -0.3 is 14.6 Å². The first-order chi connectivity index (χ1) is 18.1. The van der Waals surface area contributed by atoms with Crippen molar-refractivity contribution in [3.05, 3.63) is 34.6 Å². The monoisotopic (exact) mass is 552 g/mol. The molecule has 0 bridgehead atoms. The van der Waals surface area contributed by atoms with Crippen LogP contribution in [0.15, 0.2) is 0 Å². The molecule has 2 atom stereocenters. The fourth-order valence-corrected chi connectivity index (χ4v) is 5.12. The molecule has 38 heavy (non-hydrogen) atoms. The van der Waals surface area contributed by atoms with Crippen molar-refractivity contribution in [1.29, 1.82) is 0 Å². The van der Waals surface area contributed by atoms with Gasteiger partial charge in [-0.15, -0.1) is 0 Å². The zero-order valence-corrected chi connectivity index (χ0v) is 23.8. The Balaban J connectivity index is 2.45. The van der Waals surface area contributed by atoms with E-state index >= 15 is 0 Å². The molecule has 0 heterocycles. The third-order valence-electron chi connectivity index (χ3n) is 7.30. The minimum atomic E-state index is -2.12. The number of benzene rings is 1. The molecule has 0 aliphatic carbocycles. The Morgan fingerprint density at radius 3 is 1.37 bits per heavy atom. The lowest BCUT2D eigenvalue weighted by atomic mass is 9.91. The van der Waals surface area contributed by atoms with Crippen molar-refractivity contribution in [1.82, 2.24) is 0 Å². The van der Waals surface area contributed by atoms with Gasteiger partial charge in [0, 0.05) is 24.7 Å². The van der Waals surface area contributed by atoms with Gasteiger partial charge in [-0.05, 0) is 39.0 Å². The lowest BCUT2D eigenvalue weighted by molar-refractivity contribution is -0.385. The number of aliphatic hydroxyl groups is 1. The number of hydrogen-bond acceptors (Lipinski definition) is 3. The molecule has 8 heteroatoms. The van der Waals surface area contributed by atoms with Crippen molar-refractivity contribution < 1.29 is 36.5 Å². The van der Waals surface area contributed by atoms with Crippen LogP contribution >= 0.6 is 0 Å². The second kappa shape index (κ2) is 18.9. The number of halogens is 5. The highest BCUT2D eigenvalue weighted by molar-refractivity contribution is 5.27. The molecule has 0 saturated carbocycles. The summed E-state index contributed by atoms with van der Waals surface area (Å²) >= 11 is 0. The van der Waals surface area contributed by atoms with Gasteiger partial charge >= 0.3 is 0 Å². The summed E-state index contributed by atoms with van der Waals surface area (Å²) in [5.41, 5.74) is -0.728. The lowest BCUT2D eigenvalue weighted by Crippen LogP contribution is -2.44. The lowest BCUT2D eigenvalue weighted by Gasteiger charge is -2.35. The second-order valence-corrected chi connectivity index (χ2v) is 10.3. The van der Waals surface area contributed by atoms with E-state index in [0.717, 1.165) is 57.8 Å². The molecule has 1 aromatic carbocycles. The zero-order chi connectivity index (χ0) is 28.6. The summed E-state index contributed by atoms with van der Waals surface area (Å²) in [6.07, 6.45) is 14.2. The normalized spacial score (nSPS) is 13.7. The molecule has 2 unspecified atom stereocenters. The van der Waals surface area contributed by atoms with Crippen LogP contribution in [0.3, 0.4) is 0 Å². The standard InChI is InChI=1S/C30H49F5O3/c1-5-8-9-10-14-17-20-23(30(36,37-6-2)38-7-3)21-18-15-12-11-13-16-19-22(4)24-25(31)27(33)29(35)28(34)26(24)32/h22-23,36H,5-21H2,1-4H3. The van der Waals surface area contributed by atoms with Gasteiger partial charge in [-0.25, -0.2) is 22.0 Å². The van der Waals surface area contributed by atoms with Crippen LogP contribution in [0.4, 0.5) is 22.0 Å². The summed E-state index contributed by atoms with van der Waals surface area (Å²) in [5.74, 6) is -11.8. The summed E-state index contributed by atoms with van der Waals surface area (Å²) in [4.78, 5) is 0. The summed E-state index contributed by atoms with van der Waals surface area (Å²) < 4.78 is 79.5. The Morgan fingerprint density at radius 1 is 0.579 bits per heavy atom. The maximum Gasteiger partial charge on any atom is 0.283 e. The molecule has 0 aliphatic heterocycles. The van der Waals surface area contributed by atoms with E-state index in [1.165, 1.54) is 32.6 Å². The van der Waals surface area contributed by atoms with E-state index in [0.29, 0.717) is 26.1 Å². The first-order valence-corrected chi connectivity index (χ1v) is 14.7. The number of ether oxygens (including phenoxy) is 2. The average Bonchev–Trinajstić information content (AvgIpc) is 2.88. The summed E-state index contributed by atoms with van der Waals surface area (Å²) in [5, 5.41) is 11.1. The SMILES string of the molecule is CCCCCCCCC(CCCCCCCCC(C)c1c(F)c(F)c(F)c(F)c1F)C(O)(OCC)OCC. The largest absolute Gasteiger partial charge is 0.343 e. The average molecular weight is 553 g/mol. The molecule has 0 spiro atoms. The highest BCUT2D eigenvalue weighted by Gasteiger charge is 2.38. The van der Waals surface area contributed by atoms with Gasteiger partial charge in [-0.3, -0.25) is 0 Å². The Kier molecular flexibility index (Phi) is 17.3. The first kappa shape index (κ1) is 34.8. The molecule has 0 amide bonds. The Labute approximate surface area is 226 Å². The third-order valence-corrected chi connectivity index (χ3v) is 7.30. The molecular weight excluding hydrogens is 503 g/mol. The summed E-state index contributed by atoms with van der Waals surface area (Å²) in [6.45, 7) is 8.11. The van der Waals surface area contributed by atoms with Crippen LogP contribution < -0.4 is 0 Å². The first-order valence-electron chi connectivity index (χ1n) is 14.7. The molecule has 0 fully saturated rings. The van der Waals surface area contributed by atoms with Gasteiger partial charge in [0.1, 0.15) is 0 Å². The zero-order valence-electron chi connectivity index (χ0n) is 23.8. The van der Waals surface area contributed by atoms with Crippen LogP contribution in [0.1, 0.15) is 135 Å². The smallest absolute Gasteiger partial charge is 0.283 e. The molecule has 222 valence electrons. The molecule has 0 saturated heterocycles. The van der Waals surface area contributed by atoms with Gasteiger partial charge in [0.2, 0.25) is 5.82 Å². The maximum absolute atomic E-state index is 14.0. The van der Waals surface area contributed by atoms with Gasteiger partial charge in [-0.1, -0.05) is 90.9 Å². The van der Waals surface area contributed by atoms with Gasteiger partial charge in [-0.2, -0.15) is 0 Å². The van der Waals surface area contributed by atoms with Crippen molar-refractivity contribution in [3.8, 4) is 0 Å². The predicted octanol–water partition coefficient (Wildman–Crippen LogP) is 9.69. The van der Waals surface area contributed by atoms with Crippen molar-refractivity contribution >= 4 is 0 Å². The van der Waals surface area contributed by atoms with Crippen LogP contribution in [0, 0.1) is 35.0 Å². The summed E-state index contributed by atoms with van der Waals surface area (Å²) in [7, 11) is 0. The van der Waals surface area contributed by atoms with E-state index in [1.54, 1.807) is 0 Å². The van der Waals surface area contributed by atoms with Crippen molar-refractivity contribution in [2.45, 2.75) is 136 Å². The minimum absolute atomic E-state index is 0.101. The van der Waals surface area contributed by atoms with Gasteiger partial charge in [0.15, 0.2) is 23.3 Å². The van der Waals surface area contributed by atoms with E-state index < -0.39 is 46.5 Å². The van der Waals surface area contributed by atoms with E-state index in [2.05, 4.69) is 6.92 Å². The minimum Gasteiger partial charge on any atom is -0.343 e. The maximum atomic E-state index is 14.0. The molecule has 0 aliphatic rings. The fourth-order valence-electron chi connectivity index (χ4n) is 5.12. The van der Waals surface area contributed by atoms with E-state index in [4.69, 9.17) is 9.47 Å². The third kappa shape index (κ3) is 11.1. The van der Waals surface area contributed by atoms with E-state index in [1.807, 2.05) is 13.8 Å². The topological polar surface area (TPSA) is 38.7 Å². The van der Waals surface area contributed by atoms with Crippen LogP contribution in [0.5, 0.6) is 0 Å². The van der Waals surface area contributed by atoms with Crippen molar-refractivity contribution in [3.63, 3.8) is 0 Å². The molecule has 1 N–H and O–H groups in total. The van der Waals surface area contributed by atoms with Crippen LogP contribution in [0.2, 0.25) is 0 Å².